The number of para-hydroxylation sites is 2. The highest BCUT2D eigenvalue weighted by Crippen LogP contribution is 2.29. The predicted molar refractivity (Wildman–Crippen MR) is 125 cm³/mol. The van der Waals surface area contributed by atoms with E-state index in [1.807, 2.05) is 51.6 Å². The summed E-state index contributed by atoms with van der Waals surface area (Å²) in [6.45, 7) is 2.50. The largest absolute Gasteiger partial charge is 0.390 e. The number of H-pyrrole nitrogens is 1. The Balaban J connectivity index is 1.59. The third-order valence-electron chi connectivity index (χ3n) is 5.74. The van der Waals surface area contributed by atoms with Crippen LogP contribution in [0.1, 0.15) is 36.8 Å². The molecule has 168 valence electrons. The monoisotopic (exact) mass is 462 g/mol. The molecule has 5 aromatic rings. The molecular weight excluding hydrogens is 440 g/mol. The molecule has 10 heteroatoms. The Bertz CT molecular complexity index is 1390. The van der Waals surface area contributed by atoms with Crippen molar-refractivity contribution >= 4 is 22.6 Å². The van der Waals surface area contributed by atoms with E-state index in [1.54, 1.807) is 6.33 Å². The molecular formula is C23H23ClN8O. The van der Waals surface area contributed by atoms with Crippen molar-refractivity contribution in [2.24, 2.45) is 0 Å². The van der Waals surface area contributed by atoms with Crippen molar-refractivity contribution in [3.05, 3.63) is 71.0 Å². The molecule has 3 aromatic heterocycles. The molecule has 0 aliphatic heterocycles. The first-order valence-electron chi connectivity index (χ1n) is 10.8. The van der Waals surface area contributed by atoms with Crippen LogP contribution in [0, 0.1) is 0 Å². The molecule has 0 bridgehead atoms. The van der Waals surface area contributed by atoms with Crippen LogP contribution in [0.15, 0.2) is 48.8 Å². The third kappa shape index (κ3) is 3.90. The molecule has 0 atom stereocenters. The van der Waals surface area contributed by atoms with E-state index in [0.717, 1.165) is 52.9 Å². The van der Waals surface area contributed by atoms with Gasteiger partial charge in [-0.05, 0) is 35.4 Å². The first-order chi connectivity index (χ1) is 16.2. The lowest BCUT2D eigenvalue weighted by Gasteiger charge is -2.12. The van der Waals surface area contributed by atoms with E-state index in [2.05, 4.69) is 32.5 Å². The van der Waals surface area contributed by atoms with Crippen LogP contribution in [0.2, 0.25) is 5.15 Å². The second-order valence-electron chi connectivity index (χ2n) is 7.77. The van der Waals surface area contributed by atoms with Crippen LogP contribution in [-0.2, 0) is 19.6 Å². The number of aliphatic hydroxyl groups is 1. The molecule has 5 rings (SSSR count). The van der Waals surface area contributed by atoms with Gasteiger partial charge in [-0.2, -0.15) is 5.21 Å². The molecule has 0 saturated carbocycles. The molecule has 0 unspecified atom stereocenters. The molecule has 0 aliphatic carbocycles. The molecule has 0 fully saturated rings. The zero-order valence-corrected chi connectivity index (χ0v) is 18.9. The molecule has 0 amide bonds. The highest BCUT2D eigenvalue weighted by atomic mass is 35.5. The van der Waals surface area contributed by atoms with Crippen LogP contribution in [0.3, 0.4) is 0 Å². The van der Waals surface area contributed by atoms with E-state index in [-0.39, 0.29) is 6.61 Å². The Labute approximate surface area is 195 Å². The minimum absolute atomic E-state index is 0.166. The van der Waals surface area contributed by atoms with Gasteiger partial charge in [0.2, 0.25) is 5.82 Å². The number of benzene rings is 2. The molecule has 33 heavy (non-hydrogen) atoms. The lowest BCUT2D eigenvalue weighted by molar-refractivity contribution is 0.271. The van der Waals surface area contributed by atoms with E-state index in [0.29, 0.717) is 23.2 Å². The average Bonchev–Trinajstić information content (AvgIpc) is 3.57. The normalized spacial score (nSPS) is 11.5. The van der Waals surface area contributed by atoms with Crippen LogP contribution < -0.4 is 0 Å². The van der Waals surface area contributed by atoms with Gasteiger partial charge in [0, 0.05) is 12.0 Å². The number of halogens is 1. The van der Waals surface area contributed by atoms with Gasteiger partial charge < -0.3 is 9.67 Å². The zero-order valence-electron chi connectivity index (χ0n) is 18.1. The maximum atomic E-state index is 9.92. The zero-order chi connectivity index (χ0) is 22.8. The van der Waals surface area contributed by atoms with Crippen LogP contribution in [-0.4, -0.2) is 44.8 Å². The van der Waals surface area contributed by atoms with Gasteiger partial charge in [-0.25, -0.2) is 9.97 Å². The molecule has 0 saturated heterocycles. The number of hydrogen-bond donors (Lipinski definition) is 2. The lowest BCUT2D eigenvalue weighted by atomic mass is 10.1. The summed E-state index contributed by atoms with van der Waals surface area (Å²) in [6.07, 6.45) is 4.67. The second-order valence-corrected chi connectivity index (χ2v) is 8.12. The Kier molecular flexibility index (Phi) is 5.89. The Morgan fingerprint density at radius 3 is 2.79 bits per heavy atom. The maximum absolute atomic E-state index is 9.92. The highest BCUT2D eigenvalue weighted by molar-refractivity contribution is 6.30. The Hall–Kier alpha value is -3.56. The fraction of sp³-hybridized carbons (Fsp3) is 0.261. The van der Waals surface area contributed by atoms with Gasteiger partial charge in [-0.1, -0.05) is 49.2 Å². The quantitative estimate of drug-likeness (QED) is 0.361. The van der Waals surface area contributed by atoms with E-state index < -0.39 is 0 Å². The summed E-state index contributed by atoms with van der Waals surface area (Å²) in [7, 11) is 0. The number of tetrazole rings is 1. The van der Waals surface area contributed by atoms with Gasteiger partial charge in [0.05, 0.1) is 35.6 Å². The van der Waals surface area contributed by atoms with Crippen molar-refractivity contribution in [1.82, 2.24) is 39.7 Å². The summed E-state index contributed by atoms with van der Waals surface area (Å²) in [5.41, 5.74) is 5.23. The number of aromatic amines is 1. The van der Waals surface area contributed by atoms with Gasteiger partial charge in [0.25, 0.3) is 0 Å². The number of hydrogen-bond acceptors (Lipinski definition) is 6. The minimum atomic E-state index is -0.166. The number of aryl methyl sites for hydroxylation is 1. The lowest BCUT2D eigenvalue weighted by Crippen LogP contribution is -2.09. The fourth-order valence-corrected chi connectivity index (χ4v) is 4.37. The highest BCUT2D eigenvalue weighted by Gasteiger charge is 2.18. The number of nitrogens with zero attached hydrogens (tertiary/aromatic N) is 7. The predicted octanol–water partition coefficient (Wildman–Crippen LogP) is 3.94. The Morgan fingerprint density at radius 1 is 1.12 bits per heavy atom. The van der Waals surface area contributed by atoms with Gasteiger partial charge in [-0.3, -0.25) is 4.57 Å². The average molecular weight is 463 g/mol. The SMILES string of the molecule is CCCCc1nc(Cl)c(CO)n1Cc1cccc2c1ncn2-c1ccccc1-c1nn[nH]n1. The third-order valence-corrected chi connectivity index (χ3v) is 6.05. The second kappa shape index (κ2) is 9.13. The van der Waals surface area contributed by atoms with Gasteiger partial charge >= 0.3 is 0 Å². The van der Waals surface area contributed by atoms with Crippen LogP contribution in [0.25, 0.3) is 28.1 Å². The van der Waals surface area contributed by atoms with Crippen molar-refractivity contribution in [1.29, 1.82) is 0 Å². The molecule has 0 spiro atoms. The molecule has 9 nitrogen and oxygen atoms in total. The number of aliphatic hydroxyl groups excluding tert-OH is 1. The van der Waals surface area contributed by atoms with Crippen LogP contribution >= 0.6 is 11.6 Å². The molecule has 3 heterocycles. The van der Waals surface area contributed by atoms with E-state index in [9.17, 15) is 5.11 Å². The number of rotatable bonds is 8. The maximum Gasteiger partial charge on any atom is 0.206 e. The summed E-state index contributed by atoms with van der Waals surface area (Å²) < 4.78 is 4.04. The molecule has 0 aliphatic rings. The van der Waals surface area contributed by atoms with Crippen molar-refractivity contribution in [2.45, 2.75) is 39.3 Å². The van der Waals surface area contributed by atoms with Crippen molar-refractivity contribution in [3.63, 3.8) is 0 Å². The number of nitrogens with one attached hydrogen (secondary N) is 1. The minimum Gasteiger partial charge on any atom is -0.390 e. The van der Waals surface area contributed by atoms with Crippen molar-refractivity contribution < 1.29 is 5.11 Å². The first-order valence-corrected chi connectivity index (χ1v) is 11.2. The van der Waals surface area contributed by atoms with Crippen molar-refractivity contribution in [2.75, 3.05) is 0 Å². The van der Waals surface area contributed by atoms with Gasteiger partial charge in [0.15, 0.2) is 5.15 Å². The number of fused-ring (bicyclic) bond motifs is 1. The van der Waals surface area contributed by atoms with E-state index in [4.69, 9.17) is 16.6 Å². The van der Waals surface area contributed by atoms with E-state index in [1.165, 1.54) is 0 Å². The van der Waals surface area contributed by atoms with Crippen molar-refractivity contribution in [3.8, 4) is 17.1 Å². The van der Waals surface area contributed by atoms with Gasteiger partial charge in [0.1, 0.15) is 12.2 Å². The van der Waals surface area contributed by atoms with Gasteiger partial charge in [-0.15, -0.1) is 10.2 Å². The van der Waals surface area contributed by atoms with E-state index >= 15 is 0 Å². The Morgan fingerprint density at radius 2 is 2.00 bits per heavy atom. The number of aromatic nitrogens is 8. The summed E-state index contributed by atoms with van der Waals surface area (Å²) in [6, 6.07) is 14.0. The molecule has 2 N–H and O–H groups in total. The summed E-state index contributed by atoms with van der Waals surface area (Å²) >= 11 is 6.33. The first kappa shape index (κ1) is 21.3. The molecule has 0 radical (unpaired) electrons. The smallest absolute Gasteiger partial charge is 0.206 e. The van der Waals surface area contributed by atoms with Crippen LogP contribution in [0.4, 0.5) is 0 Å². The topological polar surface area (TPSA) is 110 Å². The van der Waals surface area contributed by atoms with Crippen LogP contribution in [0.5, 0.6) is 0 Å². The summed E-state index contributed by atoms with van der Waals surface area (Å²) in [5.74, 6) is 1.40. The summed E-state index contributed by atoms with van der Waals surface area (Å²) in [4.78, 5) is 9.25. The number of imidazole rings is 2. The standard InChI is InChI=1S/C23H23ClN8O/c1-2-3-11-20-26-22(24)19(13-33)31(20)12-15-7-6-10-18-21(15)25-14-32(18)17-9-5-4-8-16(17)23-27-29-30-28-23/h4-10,14,33H,2-3,11-13H2,1H3,(H,27,28,29,30). The molecule has 2 aromatic carbocycles. The number of unbranched alkanes of at least 4 members (excludes halogenated alkanes) is 1. The fourth-order valence-electron chi connectivity index (χ4n) is 4.11. The summed E-state index contributed by atoms with van der Waals surface area (Å²) in [5, 5.41) is 24.8.